The van der Waals surface area contributed by atoms with E-state index in [0.29, 0.717) is 18.5 Å². The van der Waals surface area contributed by atoms with Crippen molar-refractivity contribution in [2.24, 2.45) is 11.7 Å². The topological polar surface area (TPSA) is 92.4 Å². The average Bonchev–Trinajstić information content (AvgIpc) is 2.28. The Morgan fingerprint density at radius 1 is 1.44 bits per heavy atom. The number of aliphatic carboxylic acids is 1. The van der Waals surface area contributed by atoms with Crippen molar-refractivity contribution in [3.8, 4) is 0 Å². The second-order valence-corrected chi connectivity index (χ2v) is 4.22. The molecule has 5 heteroatoms. The summed E-state index contributed by atoms with van der Waals surface area (Å²) in [5.41, 5.74) is 7.25. The van der Waals surface area contributed by atoms with Crippen LogP contribution in [0.3, 0.4) is 0 Å². The van der Waals surface area contributed by atoms with Crippen molar-refractivity contribution in [3.63, 3.8) is 0 Å². The fraction of sp³-hybridized carbons (Fsp3) is 0.385. The lowest BCUT2D eigenvalue weighted by molar-refractivity contribution is -0.141. The number of nitrogens with one attached hydrogen (secondary N) is 1. The number of hydrogen-bond acceptors (Lipinski definition) is 3. The molecule has 0 aliphatic rings. The van der Waals surface area contributed by atoms with Gasteiger partial charge in [-0.3, -0.25) is 9.59 Å². The van der Waals surface area contributed by atoms with Gasteiger partial charge in [-0.2, -0.15) is 0 Å². The van der Waals surface area contributed by atoms with Crippen molar-refractivity contribution in [2.75, 3.05) is 11.9 Å². The normalized spacial score (nSPS) is 11.9. The number of primary amides is 1. The highest BCUT2D eigenvalue weighted by Gasteiger charge is 2.14. The van der Waals surface area contributed by atoms with E-state index in [1.54, 1.807) is 25.1 Å². The first kappa shape index (κ1) is 14.0. The fourth-order valence-electron chi connectivity index (χ4n) is 1.70. The molecule has 98 valence electrons. The maximum absolute atomic E-state index is 11.1. The number of amides is 1. The van der Waals surface area contributed by atoms with Crippen LogP contribution in [0, 0.1) is 12.8 Å². The molecule has 1 amide bonds. The van der Waals surface area contributed by atoms with Gasteiger partial charge in [0.25, 0.3) is 0 Å². The van der Waals surface area contributed by atoms with E-state index in [-0.39, 0.29) is 0 Å². The number of aryl methyl sites for hydroxylation is 1. The smallest absolute Gasteiger partial charge is 0.308 e. The van der Waals surface area contributed by atoms with Crippen molar-refractivity contribution in [1.29, 1.82) is 0 Å². The number of nitrogens with two attached hydrogens (primary N) is 1. The van der Waals surface area contributed by atoms with Crippen molar-refractivity contribution < 1.29 is 14.7 Å². The Morgan fingerprint density at radius 2 is 2.11 bits per heavy atom. The summed E-state index contributed by atoms with van der Waals surface area (Å²) in [6.07, 6.45) is 0.570. The van der Waals surface area contributed by atoms with Crippen molar-refractivity contribution >= 4 is 17.6 Å². The Balaban J connectivity index is 2.72. The van der Waals surface area contributed by atoms with Gasteiger partial charge in [0.15, 0.2) is 0 Å². The molecule has 18 heavy (non-hydrogen) atoms. The Kier molecular flexibility index (Phi) is 4.71. The van der Waals surface area contributed by atoms with Crippen LogP contribution in [0.15, 0.2) is 18.2 Å². The van der Waals surface area contributed by atoms with Gasteiger partial charge < -0.3 is 16.2 Å². The lowest BCUT2D eigenvalue weighted by Gasteiger charge is -2.13. The van der Waals surface area contributed by atoms with E-state index in [1.807, 2.05) is 6.92 Å². The summed E-state index contributed by atoms with van der Waals surface area (Å²) in [7, 11) is 0. The molecule has 0 heterocycles. The number of carboxylic acid groups (broad SMARTS) is 1. The monoisotopic (exact) mass is 250 g/mol. The number of carboxylic acids is 1. The second kappa shape index (κ2) is 6.05. The van der Waals surface area contributed by atoms with E-state index in [2.05, 4.69) is 5.32 Å². The molecule has 1 aromatic rings. The number of hydrogen-bond donors (Lipinski definition) is 3. The van der Waals surface area contributed by atoms with Crippen LogP contribution in [0.1, 0.15) is 29.3 Å². The van der Waals surface area contributed by atoms with Crippen LogP contribution in [0.25, 0.3) is 0 Å². The highest BCUT2D eigenvalue weighted by Crippen LogP contribution is 2.15. The van der Waals surface area contributed by atoms with E-state index in [1.165, 1.54) is 0 Å². The van der Waals surface area contributed by atoms with Gasteiger partial charge in [0.1, 0.15) is 0 Å². The van der Waals surface area contributed by atoms with Gasteiger partial charge in [-0.05, 0) is 37.1 Å². The second-order valence-electron chi connectivity index (χ2n) is 4.22. The molecule has 0 fully saturated rings. The molecule has 0 saturated heterocycles. The maximum atomic E-state index is 11.1. The van der Waals surface area contributed by atoms with Gasteiger partial charge in [-0.1, -0.05) is 6.92 Å². The summed E-state index contributed by atoms with van der Waals surface area (Å²) >= 11 is 0. The van der Waals surface area contributed by atoms with Crippen LogP contribution in [-0.2, 0) is 4.79 Å². The lowest BCUT2D eigenvalue weighted by Crippen LogP contribution is -2.22. The summed E-state index contributed by atoms with van der Waals surface area (Å²) in [6, 6.07) is 5.15. The molecule has 0 aliphatic heterocycles. The minimum atomic E-state index is -0.810. The first-order chi connectivity index (χ1) is 8.45. The average molecular weight is 250 g/mol. The highest BCUT2D eigenvalue weighted by atomic mass is 16.4. The molecule has 0 radical (unpaired) electrons. The minimum Gasteiger partial charge on any atom is -0.481 e. The predicted molar refractivity (Wildman–Crippen MR) is 69.6 cm³/mol. The fourth-order valence-corrected chi connectivity index (χ4v) is 1.70. The van der Waals surface area contributed by atoms with Crippen molar-refractivity contribution in [1.82, 2.24) is 0 Å². The third kappa shape index (κ3) is 3.48. The van der Waals surface area contributed by atoms with Crippen LogP contribution in [0.4, 0.5) is 5.69 Å². The Morgan fingerprint density at radius 3 is 2.56 bits per heavy atom. The molecule has 1 unspecified atom stereocenters. The van der Waals surface area contributed by atoms with Gasteiger partial charge in [0, 0.05) is 17.8 Å². The number of rotatable bonds is 6. The summed E-state index contributed by atoms with van der Waals surface area (Å²) in [5, 5.41) is 12.0. The quantitative estimate of drug-likeness (QED) is 0.715. The number of carbonyl (C=O) groups excluding carboxylic acids is 1. The Hall–Kier alpha value is -2.04. The van der Waals surface area contributed by atoms with Crippen molar-refractivity contribution in [2.45, 2.75) is 20.3 Å². The van der Waals surface area contributed by atoms with Crippen LogP contribution >= 0.6 is 0 Å². The van der Waals surface area contributed by atoms with Crippen LogP contribution in [-0.4, -0.2) is 23.5 Å². The third-order valence-electron chi connectivity index (χ3n) is 2.89. The van der Waals surface area contributed by atoms with Gasteiger partial charge in [-0.15, -0.1) is 0 Å². The molecule has 0 spiro atoms. The minimum absolute atomic E-state index is 0.362. The van der Waals surface area contributed by atoms with Gasteiger partial charge >= 0.3 is 5.97 Å². The van der Waals surface area contributed by atoms with E-state index in [9.17, 15) is 9.59 Å². The van der Waals surface area contributed by atoms with E-state index in [4.69, 9.17) is 10.8 Å². The predicted octanol–water partition coefficient (Wildman–Crippen LogP) is 1.62. The summed E-state index contributed by atoms with van der Waals surface area (Å²) < 4.78 is 0. The molecule has 0 saturated carbocycles. The molecular formula is C13H18N2O3. The first-order valence-corrected chi connectivity index (χ1v) is 5.82. The molecule has 5 nitrogen and oxygen atoms in total. The summed E-state index contributed by atoms with van der Waals surface area (Å²) in [4.78, 5) is 21.9. The Bertz CT molecular complexity index is 458. The van der Waals surface area contributed by atoms with Crippen LogP contribution in [0.2, 0.25) is 0 Å². The van der Waals surface area contributed by atoms with Crippen molar-refractivity contribution in [3.05, 3.63) is 29.3 Å². The Labute approximate surface area is 106 Å². The zero-order chi connectivity index (χ0) is 13.7. The zero-order valence-corrected chi connectivity index (χ0v) is 10.6. The maximum Gasteiger partial charge on any atom is 0.308 e. The van der Waals surface area contributed by atoms with Crippen LogP contribution < -0.4 is 11.1 Å². The third-order valence-corrected chi connectivity index (χ3v) is 2.89. The summed E-state index contributed by atoms with van der Waals surface area (Å²) in [5.74, 6) is -1.69. The molecular weight excluding hydrogens is 232 g/mol. The van der Waals surface area contributed by atoms with Gasteiger partial charge in [-0.25, -0.2) is 0 Å². The van der Waals surface area contributed by atoms with Gasteiger partial charge in [0.2, 0.25) is 5.91 Å². The molecule has 4 N–H and O–H groups in total. The first-order valence-electron chi connectivity index (χ1n) is 5.82. The van der Waals surface area contributed by atoms with E-state index in [0.717, 1.165) is 11.3 Å². The molecule has 0 aliphatic carbocycles. The molecule has 1 aromatic carbocycles. The van der Waals surface area contributed by atoms with E-state index < -0.39 is 17.8 Å². The summed E-state index contributed by atoms with van der Waals surface area (Å²) in [6.45, 7) is 3.99. The zero-order valence-electron chi connectivity index (χ0n) is 10.6. The largest absolute Gasteiger partial charge is 0.481 e. The highest BCUT2D eigenvalue weighted by molar-refractivity contribution is 5.94. The van der Waals surface area contributed by atoms with E-state index >= 15 is 0 Å². The lowest BCUT2D eigenvalue weighted by atomic mass is 10.1. The molecule has 1 atom stereocenters. The molecule has 1 rings (SSSR count). The number of benzene rings is 1. The van der Waals surface area contributed by atoms with Gasteiger partial charge in [0.05, 0.1) is 5.92 Å². The molecule has 0 aromatic heterocycles. The number of anilines is 1. The number of carbonyl (C=O) groups is 2. The SMILES string of the molecule is CCC(CNc1ccc(C(N)=O)c(C)c1)C(=O)O. The van der Waals surface area contributed by atoms with Crippen LogP contribution in [0.5, 0.6) is 0 Å². The standard InChI is InChI=1S/C13H18N2O3/c1-3-9(13(17)18)7-15-10-4-5-11(12(14)16)8(2)6-10/h4-6,9,15H,3,7H2,1-2H3,(H2,14,16)(H,17,18). The molecule has 0 bridgehead atoms.